The van der Waals surface area contributed by atoms with Crippen LogP contribution in [0.15, 0.2) is 27.8 Å². The minimum Gasteiger partial charge on any atom is -0.364 e. The number of carbonyl (C=O) groups excluding carboxylic acids is 1. The molecule has 1 aromatic heterocycles. The Labute approximate surface area is 139 Å². The van der Waals surface area contributed by atoms with Crippen LogP contribution in [0.3, 0.4) is 0 Å². The molecule has 8 heteroatoms. The summed E-state index contributed by atoms with van der Waals surface area (Å²) in [6, 6.07) is 2.41. The molecule has 0 bridgehead atoms. The number of hydrogen-bond acceptors (Lipinski definition) is 4. The SMILES string of the molecule is CSc1c(C(=O)c2conc2C2CC2)ccc(Cl)c1C(F)(F)F. The number of halogens is 4. The van der Waals surface area contributed by atoms with Crippen molar-refractivity contribution >= 4 is 29.1 Å². The van der Waals surface area contributed by atoms with Crippen molar-refractivity contribution < 1.29 is 22.5 Å². The normalized spacial score (nSPS) is 15.0. The molecule has 122 valence electrons. The van der Waals surface area contributed by atoms with E-state index in [9.17, 15) is 18.0 Å². The van der Waals surface area contributed by atoms with Gasteiger partial charge in [0.05, 0.1) is 21.8 Å². The lowest BCUT2D eigenvalue weighted by Gasteiger charge is -2.16. The second-order valence-electron chi connectivity index (χ2n) is 5.22. The van der Waals surface area contributed by atoms with Crippen LogP contribution in [0.4, 0.5) is 13.2 Å². The van der Waals surface area contributed by atoms with E-state index in [4.69, 9.17) is 16.1 Å². The van der Waals surface area contributed by atoms with Gasteiger partial charge in [-0.3, -0.25) is 4.79 Å². The van der Waals surface area contributed by atoms with Gasteiger partial charge in [0.1, 0.15) is 6.26 Å². The highest BCUT2D eigenvalue weighted by Gasteiger charge is 2.39. The lowest BCUT2D eigenvalue weighted by Crippen LogP contribution is -2.13. The predicted molar refractivity (Wildman–Crippen MR) is 80.1 cm³/mol. The summed E-state index contributed by atoms with van der Waals surface area (Å²) in [5.41, 5.74) is -0.287. The Balaban J connectivity index is 2.12. The lowest BCUT2D eigenvalue weighted by molar-refractivity contribution is -0.139. The Hall–Kier alpha value is -1.47. The van der Waals surface area contributed by atoms with Gasteiger partial charge in [-0.15, -0.1) is 11.8 Å². The molecule has 1 heterocycles. The van der Waals surface area contributed by atoms with Crippen LogP contribution in [-0.4, -0.2) is 17.2 Å². The Bertz CT molecular complexity index is 769. The Morgan fingerprint density at radius 3 is 2.61 bits per heavy atom. The maximum absolute atomic E-state index is 13.3. The first-order valence-corrected chi connectivity index (χ1v) is 8.37. The maximum atomic E-state index is 13.3. The number of nitrogens with zero attached hydrogens (tertiary/aromatic N) is 1. The Kier molecular flexibility index (Phi) is 4.18. The summed E-state index contributed by atoms with van der Waals surface area (Å²) < 4.78 is 44.6. The fourth-order valence-corrected chi connectivity index (χ4v) is 3.56. The third kappa shape index (κ3) is 2.99. The van der Waals surface area contributed by atoms with Gasteiger partial charge in [0.15, 0.2) is 5.78 Å². The predicted octanol–water partition coefficient (Wildman–Crippen LogP) is 5.18. The summed E-state index contributed by atoms with van der Waals surface area (Å²) in [5.74, 6) is -0.375. The summed E-state index contributed by atoms with van der Waals surface area (Å²) in [4.78, 5) is 12.5. The van der Waals surface area contributed by atoms with Crippen molar-refractivity contribution in [3.63, 3.8) is 0 Å². The van der Waals surface area contributed by atoms with E-state index in [-0.39, 0.29) is 21.9 Å². The summed E-state index contributed by atoms with van der Waals surface area (Å²) in [6.45, 7) is 0. The van der Waals surface area contributed by atoms with Gasteiger partial charge < -0.3 is 4.52 Å². The number of ketones is 1. The highest BCUT2D eigenvalue weighted by Crippen LogP contribution is 2.44. The van der Waals surface area contributed by atoms with E-state index in [1.54, 1.807) is 0 Å². The van der Waals surface area contributed by atoms with E-state index in [1.807, 2.05) is 0 Å². The Morgan fingerprint density at radius 2 is 2.04 bits per heavy atom. The number of carbonyl (C=O) groups is 1. The van der Waals surface area contributed by atoms with E-state index < -0.39 is 22.5 Å². The number of alkyl halides is 3. The van der Waals surface area contributed by atoms with E-state index in [0.29, 0.717) is 5.69 Å². The van der Waals surface area contributed by atoms with Crippen LogP contribution in [0, 0.1) is 0 Å². The molecule has 3 rings (SSSR count). The van der Waals surface area contributed by atoms with Crippen molar-refractivity contribution in [1.29, 1.82) is 0 Å². The van der Waals surface area contributed by atoms with Crippen LogP contribution in [0.5, 0.6) is 0 Å². The maximum Gasteiger partial charge on any atom is 0.418 e. The van der Waals surface area contributed by atoms with Crippen LogP contribution in [0.2, 0.25) is 5.02 Å². The van der Waals surface area contributed by atoms with Gasteiger partial charge >= 0.3 is 6.18 Å². The average Bonchev–Trinajstić information content (AvgIpc) is 3.21. The zero-order valence-corrected chi connectivity index (χ0v) is 13.5. The molecule has 0 amide bonds. The molecule has 1 aliphatic carbocycles. The Morgan fingerprint density at radius 1 is 1.35 bits per heavy atom. The summed E-state index contributed by atoms with van der Waals surface area (Å²) in [7, 11) is 0. The fraction of sp³-hybridized carbons (Fsp3) is 0.333. The molecule has 23 heavy (non-hydrogen) atoms. The molecule has 0 spiro atoms. The van der Waals surface area contributed by atoms with Crippen LogP contribution < -0.4 is 0 Å². The zero-order chi connectivity index (χ0) is 16.8. The third-order valence-electron chi connectivity index (χ3n) is 3.65. The van der Waals surface area contributed by atoms with Gasteiger partial charge in [0.2, 0.25) is 0 Å². The molecule has 0 atom stereocenters. The minimum atomic E-state index is -4.64. The summed E-state index contributed by atoms with van der Waals surface area (Å²) in [6.07, 6.45) is -0.165. The van der Waals surface area contributed by atoms with Crippen molar-refractivity contribution in [1.82, 2.24) is 5.16 Å². The third-order valence-corrected chi connectivity index (χ3v) is 4.79. The molecule has 2 aromatic rings. The summed E-state index contributed by atoms with van der Waals surface area (Å²) in [5, 5.41) is 3.39. The minimum absolute atomic E-state index is 0.0423. The number of rotatable bonds is 4. The van der Waals surface area contributed by atoms with Gasteiger partial charge in [-0.05, 0) is 31.2 Å². The molecule has 0 N–H and O–H groups in total. The molecule has 1 aromatic carbocycles. The van der Waals surface area contributed by atoms with E-state index in [2.05, 4.69) is 5.16 Å². The molecule has 0 radical (unpaired) electrons. The lowest BCUT2D eigenvalue weighted by atomic mass is 10.00. The van der Waals surface area contributed by atoms with Gasteiger partial charge in [-0.1, -0.05) is 16.8 Å². The number of thioether (sulfide) groups is 1. The van der Waals surface area contributed by atoms with Crippen LogP contribution in [0.1, 0.15) is 45.9 Å². The van der Waals surface area contributed by atoms with Crippen molar-refractivity contribution in [2.45, 2.75) is 29.8 Å². The molecule has 1 aliphatic rings. The summed E-state index contributed by atoms with van der Waals surface area (Å²) >= 11 is 6.55. The van der Waals surface area contributed by atoms with Gasteiger partial charge in [-0.25, -0.2) is 0 Å². The molecular formula is C15H11ClF3NO2S. The molecule has 0 aliphatic heterocycles. The molecule has 0 saturated heterocycles. The second kappa shape index (κ2) is 5.87. The van der Waals surface area contributed by atoms with E-state index in [0.717, 1.165) is 30.7 Å². The first-order valence-electron chi connectivity index (χ1n) is 6.77. The standard InChI is InChI=1S/C15H11ClF3NO2S/c1-23-14-8(4-5-10(16)11(14)15(17,18)19)13(21)9-6-22-20-12(9)7-2-3-7/h4-7H,2-3H2,1H3. The first-order chi connectivity index (χ1) is 10.8. The second-order valence-corrected chi connectivity index (χ2v) is 6.44. The van der Waals surface area contributed by atoms with Gasteiger partial charge in [0.25, 0.3) is 0 Å². The van der Waals surface area contributed by atoms with Crippen LogP contribution >= 0.6 is 23.4 Å². The average molecular weight is 362 g/mol. The van der Waals surface area contributed by atoms with Crippen molar-refractivity contribution in [2.75, 3.05) is 6.26 Å². The van der Waals surface area contributed by atoms with Gasteiger partial charge in [-0.2, -0.15) is 13.2 Å². The monoisotopic (exact) mass is 361 g/mol. The van der Waals surface area contributed by atoms with Crippen molar-refractivity contribution in [3.05, 3.63) is 45.8 Å². The van der Waals surface area contributed by atoms with E-state index >= 15 is 0 Å². The van der Waals surface area contributed by atoms with Crippen molar-refractivity contribution in [2.24, 2.45) is 0 Å². The largest absolute Gasteiger partial charge is 0.418 e. The van der Waals surface area contributed by atoms with Crippen LogP contribution in [-0.2, 0) is 6.18 Å². The molecule has 1 saturated carbocycles. The highest BCUT2D eigenvalue weighted by atomic mass is 35.5. The molecule has 1 fully saturated rings. The number of benzene rings is 1. The molecular weight excluding hydrogens is 351 g/mol. The fourth-order valence-electron chi connectivity index (χ4n) is 2.43. The number of aromatic nitrogens is 1. The quantitative estimate of drug-likeness (QED) is 0.556. The van der Waals surface area contributed by atoms with Gasteiger partial charge in [0, 0.05) is 16.4 Å². The molecule has 3 nitrogen and oxygen atoms in total. The van der Waals surface area contributed by atoms with E-state index in [1.165, 1.54) is 18.6 Å². The topological polar surface area (TPSA) is 43.1 Å². The zero-order valence-electron chi connectivity index (χ0n) is 11.9. The smallest absolute Gasteiger partial charge is 0.364 e. The molecule has 0 unspecified atom stereocenters. The first kappa shape index (κ1) is 16.4. The number of hydrogen-bond donors (Lipinski definition) is 0. The van der Waals surface area contributed by atoms with Crippen LogP contribution in [0.25, 0.3) is 0 Å². The highest BCUT2D eigenvalue weighted by molar-refractivity contribution is 7.98. The van der Waals surface area contributed by atoms with Crippen molar-refractivity contribution in [3.8, 4) is 0 Å².